The molecule has 0 aromatic heterocycles. The predicted molar refractivity (Wildman–Crippen MR) is 57.1 cm³/mol. The molecule has 0 saturated heterocycles. The van der Waals surface area contributed by atoms with E-state index in [1.165, 1.54) is 12.1 Å². The Bertz CT molecular complexity index is 318. The van der Waals surface area contributed by atoms with Crippen LogP contribution in [0.2, 0.25) is 0 Å². The van der Waals surface area contributed by atoms with Crippen molar-refractivity contribution >= 4 is 0 Å². The summed E-state index contributed by atoms with van der Waals surface area (Å²) >= 11 is 0. The first-order valence-corrected chi connectivity index (χ1v) is 4.96. The fourth-order valence-electron chi connectivity index (χ4n) is 1.14. The first-order chi connectivity index (χ1) is 6.88. The second-order valence-electron chi connectivity index (χ2n) is 4.49. The van der Waals surface area contributed by atoms with Crippen LogP contribution in [0, 0.1) is 5.82 Å². The summed E-state index contributed by atoms with van der Waals surface area (Å²) in [7, 11) is 0. The third-order valence-electron chi connectivity index (χ3n) is 1.91. The van der Waals surface area contributed by atoms with Gasteiger partial charge >= 0.3 is 0 Å². The molecule has 1 N–H and O–H groups in total. The molecule has 0 radical (unpaired) electrons. The van der Waals surface area contributed by atoms with E-state index < -0.39 is 6.10 Å². The highest BCUT2D eigenvalue weighted by Crippen LogP contribution is 2.17. The summed E-state index contributed by atoms with van der Waals surface area (Å²) in [6, 6.07) is 5.92. The van der Waals surface area contributed by atoms with Crippen LogP contribution in [-0.2, 0) is 4.74 Å². The van der Waals surface area contributed by atoms with E-state index in [0.717, 1.165) is 0 Å². The van der Waals surface area contributed by atoms with Gasteiger partial charge in [0.2, 0.25) is 0 Å². The average Bonchev–Trinajstić information content (AvgIpc) is 2.13. The monoisotopic (exact) mass is 212 g/mol. The van der Waals surface area contributed by atoms with Crippen LogP contribution in [-0.4, -0.2) is 17.3 Å². The molecule has 0 fully saturated rings. The van der Waals surface area contributed by atoms with Gasteiger partial charge in [-0.05, 0) is 38.5 Å². The van der Waals surface area contributed by atoms with E-state index in [0.29, 0.717) is 5.56 Å². The molecule has 1 unspecified atom stereocenters. The Morgan fingerprint density at radius 2 is 2.07 bits per heavy atom. The van der Waals surface area contributed by atoms with Crippen LogP contribution in [0.25, 0.3) is 0 Å². The maximum Gasteiger partial charge on any atom is 0.123 e. The maximum atomic E-state index is 12.8. The number of ether oxygens (including phenoxy) is 1. The summed E-state index contributed by atoms with van der Waals surface area (Å²) in [4.78, 5) is 0. The van der Waals surface area contributed by atoms with Crippen molar-refractivity contribution in [3.05, 3.63) is 35.6 Å². The molecule has 84 valence electrons. The number of halogens is 1. The molecule has 0 aliphatic heterocycles. The summed E-state index contributed by atoms with van der Waals surface area (Å²) in [5.41, 5.74) is 0.244. The third kappa shape index (κ3) is 4.40. The average molecular weight is 212 g/mol. The van der Waals surface area contributed by atoms with Crippen LogP contribution < -0.4 is 0 Å². The SMILES string of the molecule is CC(C)(C)OCC(O)c1cccc(F)c1. The molecule has 1 aromatic rings. The van der Waals surface area contributed by atoms with Crippen molar-refractivity contribution in [2.75, 3.05) is 6.61 Å². The molecule has 0 spiro atoms. The van der Waals surface area contributed by atoms with E-state index in [4.69, 9.17) is 4.74 Å². The Morgan fingerprint density at radius 1 is 1.40 bits per heavy atom. The smallest absolute Gasteiger partial charge is 0.123 e. The Kier molecular flexibility index (Phi) is 3.83. The lowest BCUT2D eigenvalue weighted by atomic mass is 10.1. The summed E-state index contributed by atoms with van der Waals surface area (Å²) in [6.45, 7) is 5.90. The van der Waals surface area contributed by atoms with Crippen molar-refractivity contribution in [3.8, 4) is 0 Å². The highest BCUT2D eigenvalue weighted by Gasteiger charge is 2.15. The molecule has 0 saturated carbocycles. The molecule has 0 heterocycles. The van der Waals surface area contributed by atoms with Crippen LogP contribution in [0.3, 0.4) is 0 Å². The molecule has 2 nitrogen and oxygen atoms in total. The van der Waals surface area contributed by atoms with Gasteiger partial charge in [-0.25, -0.2) is 4.39 Å². The Hall–Kier alpha value is -0.930. The van der Waals surface area contributed by atoms with Gasteiger partial charge in [0.25, 0.3) is 0 Å². The zero-order valence-electron chi connectivity index (χ0n) is 9.33. The lowest BCUT2D eigenvalue weighted by Crippen LogP contribution is -2.22. The van der Waals surface area contributed by atoms with E-state index >= 15 is 0 Å². The van der Waals surface area contributed by atoms with Gasteiger partial charge in [-0.2, -0.15) is 0 Å². The minimum Gasteiger partial charge on any atom is -0.386 e. The number of aliphatic hydroxyl groups is 1. The van der Waals surface area contributed by atoms with Gasteiger partial charge in [0.1, 0.15) is 11.9 Å². The van der Waals surface area contributed by atoms with E-state index in [9.17, 15) is 9.50 Å². The number of rotatable bonds is 3. The number of benzene rings is 1. The second kappa shape index (κ2) is 4.73. The molecular weight excluding hydrogens is 195 g/mol. The van der Waals surface area contributed by atoms with Crippen LogP contribution in [0.4, 0.5) is 4.39 Å². The maximum absolute atomic E-state index is 12.8. The van der Waals surface area contributed by atoms with Gasteiger partial charge in [-0.1, -0.05) is 12.1 Å². The lowest BCUT2D eigenvalue weighted by molar-refractivity contribution is -0.0496. The molecule has 0 aliphatic rings. The number of aliphatic hydroxyl groups excluding tert-OH is 1. The quantitative estimate of drug-likeness (QED) is 0.834. The van der Waals surface area contributed by atoms with Crippen molar-refractivity contribution in [1.82, 2.24) is 0 Å². The molecule has 0 amide bonds. The fraction of sp³-hybridized carbons (Fsp3) is 0.500. The molecule has 15 heavy (non-hydrogen) atoms. The van der Waals surface area contributed by atoms with E-state index in [1.807, 2.05) is 20.8 Å². The van der Waals surface area contributed by atoms with E-state index in [1.54, 1.807) is 12.1 Å². The van der Waals surface area contributed by atoms with Crippen molar-refractivity contribution in [1.29, 1.82) is 0 Å². The Balaban J connectivity index is 2.58. The highest BCUT2D eigenvalue weighted by molar-refractivity contribution is 5.18. The van der Waals surface area contributed by atoms with Crippen molar-refractivity contribution < 1.29 is 14.2 Å². The Morgan fingerprint density at radius 3 is 2.60 bits per heavy atom. The molecule has 1 atom stereocenters. The fourth-order valence-corrected chi connectivity index (χ4v) is 1.14. The standard InChI is InChI=1S/C12H17FO2/c1-12(2,3)15-8-11(14)9-5-4-6-10(13)7-9/h4-7,11,14H,8H2,1-3H3. The van der Waals surface area contributed by atoms with E-state index in [-0.39, 0.29) is 18.0 Å². The largest absolute Gasteiger partial charge is 0.386 e. The van der Waals surface area contributed by atoms with Crippen LogP contribution in [0.5, 0.6) is 0 Å². The zero-order chi connectivity index (χ0) is 11.5. The molecule has 1 rings (SSSR count). The molecular formula is C12H17FO2. The van der Waals surface area contributed by atoms with Crippen molar-refractivity contribution in [2.24, 2.45) is 0 Å². The summed E-state index contributed by atoms with van der Waals surface area (Å²) < 4.78 is 18.3. The second-order valence-corrected chi connectivity index (χ2v) is 4.49. The predicted octanol–water partition coefficient (Wildman–Crippen LogP) is 2.67. The normalized spacial score (nSPS) is 13.9. The summed E-state index contributed by atoms with van der Waals surface area (Å²) in [5.74, 6) is -0.345. The summed E-state index contributed by atoms with van der Waals surface area (Å²) in [6.07, 6.45) is -0.778. The van der Waals surface area contributed by atoms with Gasteiger partial charge in [-0.15, -0.1) is 0 Å². The minimum atomic E-state index is -0.778. The van der Waals surface area contributed by atoms with Crippen molar-refractivity contribution in [3.63, 3.8) is 0 Å². The lowest BCUT2D eigenvalue weighted by Gasteiger charge is -2.22. The van der Waals surface area contributed by atoms with Gasteiger partial charge in [0.05, 0.1) is 12.2 Å². The third-order valence-corrected chi connectivity index (χ3v) is 1.91. The summed E-state index contributed by atoms with van der Waals surface area (Å²) in [5, 5.41) is 9.72. The van der Waals surface area contributed by atoms with Gasteiger partial charge in [-0.3, -0.25) is 0 Å². The first-order valence-electron chi connectivity index (χ1n) is 4.96. The van der Waals surface area contributed by atoms with Crippen LogP contribution in [0.15, 0.2) is 24.3 Å². The van der Waals surface area contributed by atoms with Crippen LogP contribution >= 0.6 is 0 Å². The topological polar surface area (TPSA) is 29.5 Å². The molecule has 0 aliphatic carbocycles. The molecule has 3 heteroatoms. The minimum absolute atomic E-state index is 0.174. The van der Waals surface area contributed by atoms with Gasteiger partial charge in [0.15, 0.2) is 0 Å². The van der Waals surface area contributed by atoms with Gasteiger partial charge < -0.3 is 9.84 Å². The zero-order valence-corrected chi connectivity index (χ0v) is 9.33. The molecule has 1 aromatic carbocycles. The first kappa shape index (κ1) is 12.1. The highest BCUT2D eigenvalue weighted by atomic mass is 19.1. The number of hydrogen-bond donors (Lipinski definition) is 1. The number of hydrogen-bond acceptors (Lipinski definition) is 2. The van der Waals surface area contributed by atoms with E-state index in [2.05, 4.69) is 0 Å². The van der Waals surface area contributed by atoms with Crippen molar-refractivity contribution in [2.45, 2.75) is 32.5 Å². The Labute approximate surface area is 89.7 Å². The van der Waals surface area contributed by atoms with Gasteiger partial charge in [0, 0.05) is 0 Å². The molecule has 0 bridgehead atoms. The van der Waals surface area contributed by atoms with Crippen LogP contribution in [0.1, 0.15) is 32.4 Å².